The Morgan fingerprint density at radius 3 is 2.67 bits per heavy atom. The molecule has 1 fully saturated rings. The molecule has 2 N–H and O–H groups in total. The summed E-state index contributed by atoms with van der Waals surface area (Å²) in [5.74, 6) is 0.392. The molecule has 0 radical (unpaired) electrons. The maximum absolute atomic E-state index is 12.3. The maximum Gasteiger partial charge on any atom is 0.404 e. The monoisotopic (exact) mass is 350 g/mol. The first-order valence-corrected chi connectivity index (χ1v) is 8.28. The Hall–Kier alpha value is -2.48. The van der Waals surface area contributed by atoms with Gasteiger partial charge in [-0.15, -0.1) is 0 Å². The van der Waals surface area contributed by atoms with Crippen molar-refractivity contribution in [3.63, 3.8) is 0 Å². The fraction of sp³-hybridized carbons (Fsp3) is 0.312. The van der Waals surface area contributed by atoms with E-state index < -0.39 is 6.09 Å². The number of hydrogen-bond donors (Lipinski definition) is 2. The lowest BCUT2D eigenvalue weighted by atomic mass is 10.2. The molecule has 24 heavy (non-hydrogen) atoms. The van der Waals surface area contributed by atoms with Crippen LogP contribution in [0.4, 0.5) is 9.59 Å². The van der Waals surface area contributed by atoms with E-state index in [2.05, 4.69) is 5.32 Å². The number of ether oxygens (including phenoxy) is 1. The van der Waals surface area contributed by atoms with Crippen LogP contribution >= 0.6 is 11.8 Å². The van der Waals surface area contributed by atoms with Gasteiger partial charge in [0, 0.05) is 13.1 Å². The number of nitrogens with zero attached hydrogens (tertiary/aromatic N) is 1. The molecule has 1 saturated heterocycles. The molecule has 0 saturated carbocycles. The first-order chi connectivity index (χ1) is 11.5. The van der Waals surface area contributed by atoms with Crippen LogP contribution in [-0.2, 0) is 4.79 Å². The summed E-state index contributed by atoms with van der Waals surface area (Å²) in [6.45, 7) is 2.85. The normalized spacial score (nSPS) is 15.9. The minimum absolute atomic E-state index is 0.186. The Morgan fingerprint density at radius 1 is 1.33 bits per heavy atom. The summed E-state index contributed by atoms with van der Waals surface area (Å²) in [5, 5.41) is 10.3. The van der Waals surface area contributed by atoms with Crippen molar-refractivity contribution in [2.75, 3.05) is 19.7 Å². The number of hydrogen-bond acceptors (Lipinski definition) is 5. The van der Waals surface area contributed by atoms with Crippen LogP contribution < -0.4 is 10.1 Å². The van der Waals surface area contributed by atoms with Gasteiger partial charge in [-0.05, 0) is 48.9 Å². The second kappa shape index (κ2) is 8.39. The molecule has 0 bridgehead atoms. The molecular weight excluding hydrogens is 332 g/mol. The SMILES string of the molecule is CCOc1ccc(/C=C2\SC(=O)N(CCCNC(=O)O)C2=O)cc1. The summed E-state index contributed by atoms with van der Waals surface area (Å²) in [6, 6.07) is 7.24. The summed E-state index contributed by atoms with van der Waals surface area (Å²) >= 11 is 0.886. The van der Waals surface area contributed by atoms with E-state index in [1.165, 1.54) is 0 Å². The van der Waals surface area contributed by atoms with Gasteiger partial charge in [0.25, 0.3) is 11.1 Å². The third-order valence-corrected chi connectivity index (χ3v) is 4.10. The zero-order valence-electron chi connectivity index (χ0n) is 13.2. The molecule has 0 atom stereocenters. The van der Waals surface area contributed by atoms with Gasteiger partial charge in [0.2, 0.25) is 0 Å². The molecule has 7 nitrogen and oxygen atoms in total. The predicted molar refractivity (Wildman–Crippen MR) is 90.9 cm³/mol. The van der Waals surface area contributed by atoms with Crippen LogP contribution in [0, 0.1) is 0 Å². The van der Waals surface area contributed by atoms with Crippen LogP contribution in [-0.4, -0.2) is 46.9 Å². The third kappa shape index (κ3) is 4.76. The van der Waals surface area contributed by atoms with Crippen LogP contribution in [0.25, 0.3) is 6.08 Å². The zero-order chi connectivity index (χ0) is 17.5. The average molecular weight is 350 g/mol. The lowest BCUT2D eigenvalue weighted by Gasteiger charge is -2.11. The quantitative estimate of drug-likeness (QED) is 0.580. The number of amides is 3. The molecular formula is C16H18N2O5S. The highest BCUT2D eigenvalue weighted by Crippen LogP contribution is 2.32. The Balaban J connectivity index is 1.97. The minimum Gasteiger partial charge on any atom is -0.494 e. The number of carbonyl (C=O) groups excluding carboxylic acids is 2. The van der Waals surface area contributed by atoms with Crippen molar-refractivity contribution in [3.8, 4) is 5.75 Å². The molecule has 3 amide bonds. The van der Waals surface area contributed by atoms with Crippen molar-refractivity contribution in [1.82, 2.24) is 10.2 Å². The van der Waals surface area contributed by atoms with Gasteiger partial charge in [0.05, 0.1) is 11.5 Å². The van der Waals surface area contributed by atoms with Crippen LogP contribution in [0.1, 0.15) is 18.9 Å². The lowest BCUT2D eigenvalue weighted by molar-refractivity contribution is -0.122. The summed E-state index contributed by atoms with van der Waals surface area (Å²) in [4.78, 5) is 36.0. The van der Waals surface area contributed by atoms with Crippen molar-refractivity contribution in [2.24, 2.45) is 0 Å². The highest BCUT2D eigenvalue weighted by atomic mass is 32.2. The number of carbonyl (C=O) groups is 3. The summed E-state index contributed by atoms with van der Waals surface area (Å²) in [7, 11) is 0. The second-order valence-electron chi connectivity index (χ2n) is 4.92. The van der Waals surface area contributed by atoms with E-state index in [4.69, 9.17) is 9.84 Å². The molecule has 1 aliphatic heterocycles. The molecule has 1 aromatic carbocycles. The first kappa shape index (κ1) is 17.9. The summed E-state index contributed by atoms with van der Waals surface area (Å²) < 4.78 is 5.35. The molecule has 128 valence electrons. The molecule has 0 spiro atoms. The Kier molecular flexibility index (Phi) is 6.25. The van der Waals surface area contributed by atoms with Crippen molar-refractivity contribution in [3.05, 3.63) is 34.7 Å². The van der Waals surface area contributed by atoms with E-state index >= 15 is 0 Å². The molecule has 0 aliphatic carbocycles. The number of imide groups is 1. The van der Waals surface area contributed by atoms with Crippen molar-refractivity contribution in [2.45, 2.75) is 13.3 Å². The van der Waals surface area contributed by atoms with Gasteiger partial charge in [-0.1, -0.05) is 12.1 Å². The predicted octanol–water partition coefficient (Wildman–Crippen LogP) is 2.78. The second-order valence-corrected chi connectivity index (χ2v) is 5.91. The summed E-state index contributed by atoms with van der Waals surface area (Å²) in [6.07, 6.45) is 0.913. The van der Waals surface area contributed by atoms with Crippen LogP contribution in [0.2, 0.25) is 0 Å². The van der Waals surface area contributed by atoms with Crippen LogP contribution in [0.3, 0.4) is 0 Å². The molecule has 2 rings (SSSR count). The van der Waals surface area contributed by atoms with Gasteiger partial charge in [-0.3, -0.25) is 14.5 Å². The van der Waals surface area contributed by atoms with Crippen molar-refractivity contribution >= 4 is 35.1 Å². The van der Waals surface area contributed by atoms with E-state index in [9.17, 15) is 14.4 Å². The molecule has 8 heteroatoms. The van der Waals surface area contributed by atoms with Gasteiger partial charge in [-0.25, -0.2) is 4.79 Å². The molecule has 1 aliphatic rings. The Bertz CT molecular complexity index is 657. The lowest BCUT2D eigenvalue weighted by Crippen LogP contribution is -2.32. The van der Waals surface area contributed by atoms with E-state index in [0.29, 0.717) is 17.9 Å². The topological polar surface area (TPSA) is 95.9 Å². The molecule has 0 unspecified atom stereocenters. The number of carboxylic acid groups (broad SMARTS) is 1. The molecule has 1 aromatic rings. The van der Waals surface area contributed by atoms with Gasteiger partial charge in [-0.2, -0.15) is 0 Å². The number of thioether (sulfide) groups is 1. The van der Waals surface area contributed by atoms with E-state index in [1.807, 2.05) is 19.1 Å². The number of rotatable bonds is 7. The van der Waals surface area contributed by atoms with Crippen molar-refractivity contribution < 1.29 is 24.2 Å². The largest absolute Gasteiger partial charge is 0.494 e. The maximum atomic E-state index is 12.3. The van der Waals surface area contributed by atoms with Gasteiger partial charge in [0.1, 0.15) is 5.75 Å². The standard InChI is InChI=1S/C16H18N2O5S/c1-2-23-12-6-4-11(5-7-12)10-13-14(19)18(16(22)24-13)9-3-8-17-15(20)21/h4-7,10,17H,2-3,8-9H2,1H3,(H,20,21)/b13-10-. The van der Waals surface area contributed by atoms with E-state index in [1.54, 1.807) is 18.2 Å². The first-order valence-electron chi connectivity index (χ1n) is 7.46. The van der Waals surface area contributed by atoms with Gasteiger partial charge >= 0.3 is 6.09 Å². The smallest absolute Gasteiger partial charge is 0.404 e. The Labute approximate surface area is 143 Å². The van der Waals surface area contributed by atoms with Gasteiger partial charge < -0.3 is 15.2 Å². The highest BCUT2D eigenvalue weighted by molar-refractivity contribution is 8.18. The van der Waals surface area contributed by atoms with Crippen molar-refractivity contribution in [1.29, 1.82) is 0 Å². The average Bonchev–Trinajstić information content (AvgIpc) is 2.80. The van der Waals surface area contributed by atoms with Gasteiger partial charge in [0.15, 0.2) is 0 Å². The Morgan fingerprint density at radius 2 is 2.04 bits per heavy atom. The van der Waals surface area contributed by atoms with Crippen LogP contribution in [0.5, 0.6) is 5.75 Å². The van der Waals surface area contributed by atoms with E-state index in [-0.39, 0.29) is 24.2 Å². The highest BCUT2D eigenvalue weighted by Gasteiger charge is 2.34. The fourth-order valence-electron chi connectivity index (χ4n) is 2.10. The molecule has 1 heterocycles. The third-order valence-electron chi connectivity index (χ3n) is 3.20. The fourth-order valence-corrected chi connectivity index (χ4v) is 2.97. The molecule has 0 aromatic heterocycles. The number of benzene rings is 1. The van der Waals surface area contributed by atoms with E-state index in [0.717, 1.165) is 28.0 Å². The summed E-state index contributed by atoms with van der Waals surface area (Å²) in [5.41, 5.74) is 0.802. The number of nitrogens with one attached hydrogen (secondary N) is 1. The minimum atomic E-state index is -1.13. The van der Waals surface area contributed by atoms with Crippen LogP contribution in [0.15, 0.2) is 29.2 Å². The zero-order valence-corrected chi connectivity index (χ0v) is 14.0.